The van der Waals surface area contributed by atoms with Gasteiger partial charge in [0.25, 0.3) is 0 Å². The molecule has 3 nitrogen and oxygen atoms in total. The highest BCUT2D eigenvalue weighted by molar-refractivity contribution is 6.18. The molecular formula is C10H12ClNO2. The minimum absolute atomic E-state index is 0.187. The van der Waals surface area contributed by atoms with Crippen molar-refractivity contribution in [2.75, 3.05) is 5.88 Å². The van der Waals surface area contributed by atoms with Crippen LogP contribution in [0.1, 0.15) is 11.4 Å². The molecule has 4 heteroatoms. The average molecular weight is 214 g/mol. The van der Waals surface area contributed by atoms with Crippen LogP contribution < -0.4 is 0 Å². The predicted molar refractivity (Wildman–Crippen MR) is 53.5 cm³/mol. The van der Waals surface area contributed by atoms with E-state index in [4.69, 9.17) is 16.3 Å². The number of hydrogen-bond acceptors (Lipinski definition) is 2. The Morgan fingerprint density at radius 1 is 1.64 bits per heavy atom. The molecule has 0 saturated heterocycles. The standard InChI is InChI=1S/C10H12ClNO2/c1-7-2-3-8-4-10(13)14-9(5-11)6-12(7)8/h2-3,9H,4-6H2,1H3/t9-/m1/s1. The number of hydrogen-bond donors (Lipinski definition) is 0. The van der Waals surface area contributed by atoms with Crippen LogP contribution in [0.3, 0.4) is 0 Å². The molecule has 0 aromatic carbocycles. The molecule has 1 aromatic rings. The highest BCUT2D eigenvalue weighted by Crippen LogP contribution is 2.16. The third-order valence-electron chi connectivity index (χ3n) is 2.47. The lowest BCUT2D eigenvalue weighted by Crippen LogP contribution is -2.22. The molecule has 0 radical (unpaired) electrons. The van der Waals surface area contributed by atoms with Crippen molar-refractivity contribution in [1.29, 1.82) is 0 Å². The number of esters is 1. The summed E-state index contributed by atoms with van der Waals surface area (Å²) in [4.78, 5) is 11.3. The van der Waals surface area contributed by atoms with Gasteiger partial charge in [0.2, 0.25) is 0 Å². The molecule has 1 atom stereocenters. The normalized spacial score (nSPS) is 21.3. The summed E-state index contributed by atoms with van der Waals surface area (Å²) in [6.45, 7) is 2.69. The van der Waals surface area contributed by atoms with E-state index in [1.807, 2.05) is 19.1 Å². The number of halogens is 1. The van der Waals surface area contributed by atoms with E-state index in [0.717, 1.165) is 11.4 Å². The van der Waals surface area contributed by atoms with E-state index in [9.17, 15) is 4.79 Å². The first-order chi connectivity index (χ1) is 6.70. The molecule has 2 rings (SSSR count). The monoisotopic (exact) mass is 213 g/mol. The number of aryl methyl sites for hydroxylation is 1. The van der Waals surface area contributed by atoms with Crippen molar-refractivity contribution >= 4 is 17.6 Å². The van der Waals surface area contributed by atoms with E-state index in [2.05, 4.69) is 4.57 Å². The minimum Gasteiger partial charge on any atom is -0.459 e. The Labute approximate surface area is 87.6 Å². The summed E-state index contributed by atoms with van der Waals surface area (Å²) in [6, 6.07) is 3.98. The van der Waals surface area contributed by atoms with Gasteiger partial charge in [0.05, 0.1) is 18.8 Å². The topological polar surface area (TPSA) is 31.2 Å². The summed E-state index contributed by atoms with van der Waals surface area (Å²) >= 11 is 5.71. The fourth-order valence-electron chi connectivity index (χ4n) is 1.74. The van der Waals surface area contributed by atoms with Crippen molar-refractivity contribution in [3.05, 3.63) is 23.5 Å². The number of alkyl halides is 1. The minimum atomic E-state index is -0.198. The molecule has 0 amide bonds. The molecule has 2 heterocycles. The van der Waals surface area contributed by atoms with Gasteiger partial charge in [-0.2, -0.15) is 0 Å². The van der Waals surface area contributed by atoms with Gasteiger partial charge in [-0.3, -0.25) is 4.79 Å². The van der Waals surface area contributed by atoms with Crippen LogP contribution in [0.5, 0.6) is 0 Å². The van der Waals surface area contributed by atoms with Gasteiger partial charge in [-0.1, -0.05) is 0 Å². The number of rotatable bonds is 1. The zero-order valence-electron chi connectivity index (χ0n) is 8.00. The molecule has 0 spiro atoms. The number of fused-ring (bicyclic) bond motifs is 1. The van der Waals surface area contributed by atoms with Gasteiger partial charge < -0.3 is 9.30 Å². The Balaban J connectivity index is 2.34. The maximum atomic E-state index is 11.3. The number of carbonyl (C=O) groups is 1. The molecule has 1 aliphatic heterocycles. The molecule has 0 N–H and O–H groups in total. The maximum absolute atomic E-state index is 11.3. The first-order valence-electron chi connectivity index (χ1n) is 4.61. The Kier molecular flexibility index (Phi) is 2.50. The van der Waals surface area contributed by atoms with E-state index in [0.29, 0.717) is 18.8 Å². The summed E-state index contributed by atoms with van der Waals surface area (Å²) in [5.41, 5.74) is 2.16. The van der Waals surface area contributed by atoms with Crippen molar-refractivity contribution < 1.29 is 9.53 Å². The van der Waals surface area contributed by atoms with Crippen LogP contribution in [-0.2, 0) is 22.5 Å². The van der Waals surface area contributed by atoms with Gasteiger partial charge in [-0.15, -0.1) is 11.6 Å². The molecule has 0 saturated carbocycles. The van der Waals surface area contributed by atoms with Gasteiger partial charge in [0, 0.05) is 11.4 Å². The van der Waals surface area contributed by atoms with Crippen molar-refractivity contribution in [2.24, 2.45) is 0 Å². The SMILES string of the molecule is Cc1ccc2n1C[C@@H](CCl)OC(=O)C2. The Hall–Kier alpha value is -0.960. The van der Waals surface area contributed by atoms with Crippen LogP contribution in [0.25, 0.3) is 0 Å². The van der Waals surface area contributed by atoms with Gasteiger partial charge in [-0.25, -0.2) is 0 Å². The smallest absolute Gasteiger partial charge is 0.312 e. The molecule has 1 aromatic heterocycles. The Morgan fingerprint density at radius 3 is 3.14 bits per heavy atom. The van der Waals surface area contributed by atoms with Crippen molar-refractivity contribution in [1.82, 2.24) is 4.57 Å². The van der Waals surface area contributed by atoms with Crippen LogP contribution in [0.2, 0.25) is 0 Å². The van der Waals surface area contributed by atoms with Crippen LogP contribution in [0.4, 0.5) is 0 Å². The second-order valence-electron chi connectivity index (χ2n) is 3.52. The first-order valence-corrected chi connectivity index (χ1v) is 5.14. The molecular weight excluding hydrogens is 202 g/mol. The fourth-order valence-corrected chi connectivity index (χ4v) is 1.90. The second kappa shape index (κ2) is 3.65. The van der Waals surface area contributed by atoms with E-state index >= 15 is 0 Å². The molecule has 76 valence electrons. The lowest BCUT2D eigenvalue weighted by molar-refractivity contribution is -0.146. The lowest BCUT2D eigenvalue weighted by atomic mass is 10.3. The van der Waals surface area contributed by atoms with Crippen molar-refractivity contribution in [3.63, 3.8) is 0 Å². The van der Waals surface area contributed by atoms with E-state index in [1.54, 1.807) is 0 Å². The summed E-state index contributed by atoms with van der Waals surface area (Å²) in [5, 5.41) is 0. The summed E-state index contributed by atoms with van der Waals surface area (Å²) in [5.74, 6) is 0.163. The Morgan fingerprint density at radius 2 is 2.43 bits per heavy atom. The van der Waals surface area contributed by atoms with Gasteiger partial charge in [-0.05, 0) is 19.1 Å². The zero-order chi connectivity index (χ0) is 10.1. The molecule has 0 bridgehead atoms. The Bertz CT molecular complexity index is 359. The maximum Gasteiger partial charge on any atom is 0.312 e. The van der Waals surface area contributed by atoms with Crippen LogP contribution in [0.15, 0.2) is 12.1 Å². The third-order valence-corrected chi connectivity index (χ3v) is 2.82. The number of ether oxygens (including phenoxy) is 1. The summed E-state index contributed by atoms with van der Waals surface area (Å²) in [6.07, 6.45) is 0.151. The largest absolute Gasteiger partial charge is 0.459 e. The van der Waals surface area contributed by atoms with Crippen molar-refractivity contribution in [2.45, 2.75) is 26.0 Å². The van der Waals surface area contributed by atoms with Crippen molar-refractivity contribution in [3.8, 4) is 0 Å². The van der Waals surface area contributed by atoms with Gasteiger partial charge in [0.15, 0.2) is 0 Å². The third kappa shape index (κ3) is 1.64. The number of cyclic esters (lactones) is 1. The number of nitrogens with zero attached hydrogens (tertiary/aromatic N) is 1. The second-order valence-corrected chi connectivity index (χ2v) is 3.83. The van der Waals surface area contributed by atoms with E-state index < -0.39 is 0 Å². The highest BCUT2D eigenvalue weighted by atomic mass is 35.5. The predicted octanol–water partition coefficient (Wildman–Crippen LogP) is 1.50. The summed E-state index contributed by atoms with van der Waals surface area (Å²) in [7, 11) is 0. The van der Waals surface area contributed by atoms with Gasteiger partial charge in [0.1, 0.15) is 6.10 Å². The van der Waals surface area contributed by atoms with E-state index in [-0.39, 0.29) is 12.1 Å². The average Bonchev–Trinajstić information content (AvgIpc) is 2.41. The molecule has 1 aliphatic rings. The molecule has 14 heavy (non-hydrogen) atoms. The van der Waals surface area contributed by atoms with Crippen LogP contribution in [-0.4, -0.2) is 22.5 Å². The summed E-state index contributed by atoms with van der Waals surface area (Å²) < 4.78 is 7.26. The zero-order valence-corrected chi connectivity index (χ0v) is 8.75. The van der Waals surface area contributed by atoms with E-state index in [1.165, 1.54) is 0 Å². The fraction of sp³-hybridized carbons (Fsp3) is 0.500. The van der Waals surface area contributed by atoms with Crippen LogP contribution >= 0.6 is 11.6 Å². The first kappa shape index (κ1) is 9.59. The lowest BCUT2D eigenvalue weighted by Gasteiger charge is -2.13. The number of carbonyl (C=O) groups excluding carboxylic acids is 1. The van der Waals surface area contributed by atoms with Gasteiger partial charge >= 0.3 is 5.97 Å². The highest BCUT2D eigenvalue weighted by Gasteiger charge is 2.22. The molecule has 0 unspecified atom stereocenters. The van der Waals surface area contributed by atoms with Crippen LogP contribution in [0, 0.1) is 6.92 Å². The molecule has 0 fully saturated rings. The number of aromatic nitrogens is 1. The quantitative estimate of drug-likeness (QED) is 0.523. The molecule has 0 aliphatic carbocycles.